The van der Waals surface area contributed by atoms with Crippen molar-refractivity contribution in [2.45, 2.75) is 38.4 Å². The number of rotatable bonds is 6. The zero-order valence-electron chi connectivity index (χ0n) is 10.0. The minimum absolute atomic E-state index is 0.215. The fraction of sp³-hybridized carbons (Fsp3) is 0.818. The van der Waals surface area contributed by atoms with Crippen LogP contribution in [0.4, 0.5) is 0 Å². The largest absolute Gasteiger partial charge is 0.370 e. The van der Waals surface area contributed by atoms with Gasteiger partial charge < -0.3 is 11.1 Å². The summed E-state index contributed by atoms with van der Waals surface area (Å²) in [7, 11) is 0. The van der Waals surface area contributed by atoms with Crippen molar-refractivity contribution in [3.05, 3.63) is 0 Å². The number of aliphatic imine (C=N–C) groups is 1. The summed E-state index contributed by atoms with van der Waals surface area (Å²) in [5.41, 5.74) is 5.06. The maximum atomic E-state index is 10.5. The second kappa shape index (κ2) is 6.78. The number of amidine groups is 1. The molecule has 1 aliphatic heterocycles. The summed E-state index contributed by atoms with van der Waals surface area (Å²) in [5.74, 6) is 0.454. The standard InChI is InChI=1S/C11H21N3OS/c1-8(2)9-7-14-11(16-9)13-6-4-3-5-10(12)15/h8-9H,3-7H2,1-2H3,(H2,12,15)(H,13,14). The van der Waals surface area contributed by atoms with Crippen LogP contribution < -0.4 is 11.1 Å². The van der Waals surface area contributed by atoms with Gasteiger partial charge in [-0.15, -0.1) is 0 Å². The van der Waals surface area contributed by atoms with E-state index in [0.717, 1.165) is 31.1 Å². The fourth-order valence-electron chi connectivity index (χ4n) is 1.45. The predicted octanol–water partition coefficient (Wildman–Crippen LogP) is 1.36. The van der Waals surface area contributed by atoms with E-state index in [4.69, 9.17) is 5.73 Å². The number of carbonyl (C=O) groups excluding carboxylic acids is 1. The van der Waals surface area contributed by atoms with Crippen molar-refractivity contribution in [1.29, 1.82) is 0 Å². The van der Waals surface area contributed by atoms with Crippen LogP contribution in [0.3, 0.4) is 0 Å². The third-order valence-corrected chi connectivity index (χ3v) is 4.04. The van der Waals surface area contributed by atoms with Crippen LogP contribution in [0.1, 0.15) is 33.1 Å². The van der Waals surface area contributed by atoms with Crippen molar-refractivity contribution in [1.82, 2.24) is 5.32 Å². The molecule has 1 rings (SSSR count). The second-order valence-electron chi connectivity index (χ2n) is 4.40. The third-order valence-electron chi connectivity index (χ3n) is 2.55. The van der Waals surface area contributed by atoms with Crippen LogP contribution in [0.25, 0.3) is 0 Å². The quantitative estimate of drug-likeness (QED) is 0.692. The highest BCUT2D eigenvalue weighted by atomic mass is 32.2. The molecule has 0 saturated heterocycles. The van der Waals surface area contributed by atoms with Gasteiger partial charge in [0.05, 0.1) is 6.54 Å². The van der Waals surface area contributed by atoms with Gasteiger partial charge in [0.25, 0.3) is 0 Å². The maximum absolute atomic E-state index is 10.5. The monoisotopic (exact) mass is 243 g/mol. The molecule has 1 unspecified atom stereocenters. The van der Waals surface area contributed by atoms with Gasteiger partial charge >= 0.3 is 0 Å². The van der Waals surface area contributed by atoms with E-state index in [9.17, 15) is 4.79 Å². The molecule has 0 bridgehead atoms. The number of unbranched alkanes of at least 4 members (excludes halogenated alkanes) is 1. The lowest BCUT2D eigenvalue weighted by Gasteiger charge is -2.12. The number of hydrogen-bond acceptors (Lipinski definition) is 4. The summed E-state index contributed by atoms with van der Waals surface area (Å²) in [5, 5.41) is 4.97. The summed E-state index contributed by atoms with van der Waals surface area (Å²) in [4.78, 5) is 15.0. The van der Waals surface area contributed by atoms with Gasteiger partial charge in [-0.25, -0.2) is 0 Å². The summed E-state index contributed by atoms with van der Waals surface area (Å²) in [6.45, 7) is 6.25. The number of nitrogens with one attached hydrogen (secondary N) is 1. The Hall–Kier alpha value is -0.710. The van der Waals surface area contributed by atoms with Crippen LogP contribution in [-0.4, -0.2) is 29.4 Å². The Kier molecular flexibility index (Phi) is 5.66. The first-order valence-corrected chi connectivity index (χ1v) is 6.71. The lowest BCUT2D eigenvalue weighted by atomic mass is 10.1. The molecule has 4 nitrogen and oxygen atoms in total. The van der Waals surface area contributed by atoms with Crippen LogP contribution in [0.2, 0.25) is 0 Å². The molecule has 3 N–H and O–H groups in total. The molecule has 0 aromatic heterocycles. The Morgan fingerprint density at radius 2 is 2.38 bits per heavy atom. The van der Waals surface area contributed by atoms with Gasteiger partial charge in [-0.05, 0) is 18.8 Å². The molecule has 92 valence electrons. The highest BCUT2D eigenvalue weighted by Gasteiger charge is 2.21. The van der Waals surface area contributed by atoms with Crippen molar-refractivity contribution in [2.75, 3.05) is 13.1 Å². The number of thioether (sulfide) groups is 1. The molecule has 1 aliphatic rings. The average molecular weight is 243 g/mol. The molecular formula is C11H21N3OS. The van der Waals surface area contributed by atoms with Crippen LogP contribution in [0.5, 0.6) is 0 Å². The van der Waals surface area contributed by atoms with Gasteiger partial charge in [-0.3, -0.25) is 9.79 Å². The number of hydrogen-bond donors (Lipinski definition) is 2. The lowest BCUT2D eigenvalue weighted by Crippen LogP contribution is -2.22. The van der Waals surface area contributed by atoms with E-state index >= 15 is 0 Å². The number of nitrogens with zero attached hydrogens (tertiary/aromatic N) is 1. The molecule has 1 amide bonds. The van der Waals surface area contributed by atoms with Gasteiger partial charge in [-0.2, -0.15) is 0 Å². The molecule has 1 atom stereocenters. The summed E-state index contributed by atoms with van der Waals surface area (Å²) in [6.07, 6.45) is 2.30. The predicted molar refractivity (Wildman–Crippen MR) is 69.6 cm³/mol. The molecule has 0 aromatic carbocycles. The van der Waals surface area contributed by atoms with Crippen molar-refractivity contribution in [3.63, 3.8) is 0 Å². The molecule has 0 aliphatic carbocycles. The van der Waals surface area contributed by atoms with Gasteiger partial charge in [0.15, 0.2) is 5.17 Å². The second-order valence-corrected chi connectivity index (χ2v) is 5.62. The van der Waals surface area contributed by atoms with Crippen molar-refractivity contribution < 1.29 is 4.79 Å². The van der Waals surface area contributed by atoms with Gasteiger partial charge in [0, 0.05) is 18.2 Å². The molecule has 5 heteroatoms. The topological polar surface area (TPSA) is 67.5 Å². The fourth-order valence-corrected chi connectivity index (χ4v) is 2.50. The highest BCUT2D eigenvalue weighted by Crippen LogP contribution is 2.25. The minimum atomic E-state index is -0.215. The first-order valence-electron chi connectivity index (χ1n) is 5.83. The minimum Gasteiger partial charge on any atom is -0.370 e. The van der Waals surface area contributed by atoms with E-state index in [-0.39, 0.29) is 5.91 Å². The zero-order chi connectivity index (χ0) is 12.0. The van der Waals surface area contributed by atoms with E-state index in [0.29, 0.717) is 17.6 Å². The van der Waals surface area contributed by atoms with E-state index in [1.807, 2.05) is 11.8 Å². The van der Waals surface area contributed by atoms with Gasteiger partial charge in [-0.1, -0.05) is 25.6 Å². The maximum Gasteiger partial charge on any atom is 0.217 e. The molecule has 0 spiro atoms. The van der Waals surface area contributed by atoms with E-state index in [2.05, 4.69) is 24.2 Å². The summed E-state index contributed by atoms with van der Waals surface area (Å²) in [6, 6.07) is 0. The Morgan fingerprint density at radius 3 is 2.94 bits per heavy atom. The molecule has 0 radical (unpaired) electrons. The molecule has 16 heavy (non-hydrogen) atoms. The van der Waals surface area contributed by atoms with Crippen LogP contribution in [0, 0.1) is 5.92 Å². The Morgan fingerprint density at radius 1 is 1.62 bits per heavy atom. The molecule has 1 heterocycles. The number of primary amides is 1. The van der Waals surface area contributed by atoms with E-state index in [1.165, 1.54) is 0 Å². The van der Waals surface area contributed by atoms with Crippen molar-refractivity contribution in [2.24, 2.45) is 16.6 Å². The lowest BCUT2D eigenvalue weighted by molar-refractivity contribution is -0.118. The normalized spacial score (nSPS) is 19.9. The Balaban J connectivity index is 2.05. The Bertz CT molecular complexity index is 266. The van der Waals surface area contributed by atoms with Crippen molar-refractivity contribution in [3.8, 4) is 0 Å². The number of amides is 1. The molecule has 0 fully saturated rings. The SMILES string of the molecule is CC(C)C1CN=C(NCCCCC(N)=O)S1. The van der Waals surface area contributed by atoms with Crippen molar-refractivity contribution >= 4 is 22.8 Å². The first kappa shape index (κ1) is 13.4. The molecular weight excluding hydrogens is 222 g/mol. The molecule has 0 saturated carbocycles. The number of carbonyl (C=O) groups is 1. The smallest absolute Gasteiger partial charge is 0.217 e. The number of nitrogens with two attached hydrogens (primary N) is 1. The zero-order valence-corrected chi connectivity index (χ0v) is 10.8. The third kappa shape index (κ3) is 4.88. The van der Waals surface area contributed by atoms with Gasteiger partial charge in [0.2, 0.25) is 5.91 Å². The van der Waals surface area contributed by atoms with Gasteiger partial charge in [0.1, 0.15) is 0 Å². The van der Waals surface area contributed by atoms with Crippen LogP contribution >= 0.6 is 11.8 Å². The Labute approximate surface area is 101 Å². The molecule has 0 aromatic rings. The first-order chi connectivity index (χ1) is 7.59. The van der Waals surface area contributed by atoms with Crippen LogP contribution in [-0.2, 0) is 4.79 Å². The van der Waals surface area contributed by atoms with E-state index < -0.39 is 0 Å². The summed E-state index contributed by atoms with van der Waals surface area (Å²) >= 11 is 1.83. The van der Waals surface area contributed by atoms with E-state index in [1.54, 1.807) is 0 Å². The van der Waals surface area contributed by atoms with Crippen LogP contribution in [0.15, 0.2) is 4.99 Å². The summed E-state index contributed by atoms with van der Waals surface area (Å²) < 4.78 is 0. The highest BCUT2D eigenvalue weighted by molar-refractivity contribution is 8.14. The average Bonchev–Trinajstić information content (AvgIpc) is 2.65.